The zero-order valence-corrected chi connectivity index (χ0v) is 38.9. The predicted octanol–water partition coefficient (Wildman–Crippen LogP) is 10.4. The van der Waals surface area contributed by atoms with Crippen molar-refractivity contribution < 1.29 is 47.4 Å². The average molecular weight is 946 g/mol. The second-order valence-corrected chi connectivity index (χ2v) is 17.4. The van der Waals surface area contributed by atoms with Crippen LogP contribution >= 0.6 is 0 Å². The van der Waals surface area contributed by atoms with E-state index in [1.165, 1.54) is 0 Å². The van der Waals surface area contributed by atoms with Gasteiger partial charge in [0.15, 0.2) is 12.6 Å². The first-order chi connectivity index (χ1) is 34.6. The molecule has 13 heteroatoms. The number of hydrogen-bond acceptors (Lipinski definition) is 11. The van der Waals surface area contributed by atoms with E-state index in [4.69, 9.17) is 47.4 Å². The van der Waals surface area contributed by atoms with Crippen LogP contribution in [0.2, 0.25) is 0 Å². The Morgan fingerprint density at radius 3 is 1.26 bits per heavy atom. The summed E-state index contributed by atoms with van der Waals surface area (Å²) >= 11 is 0. The van der Waals surface area contributed by atoms with Gasteiger partial charge in [-0.15, -0.1) is 6.58 Å². The Morgan fingerprint density at radius 2 is 0.857 bits per heavy atom. The molecule has 0 spiro atoms. The smallest absolute Gasteiger partial charge is 0.184 e. The minimum Gasteiger partial charge on any atom is -0.370 e. The Labute approximate surface area is 409 Å². The number of rotatable bonds is 22. The second-order valence-electron chi connectivity index (χ2n) is 17.4. The van der Waals surface area contributed by atoms with Crippen LogP contribution in [0.4, 0.5) is 0 Å². The summed E-state index contributed by atoms with van der Waals surface area (Å²) in [7, 11) is 0. The molecular formula is C57H59N3O10. The highest BCUT2D eigenvalue weighted by Gasteiger charge is 2.58. The molecule has 2 heterocycles. The van der Waals surface area contributed by atoms with Gasteiger partial charge >= 0.3 is 0 Å². The van der Waals surface area contributed by atoms with E-state index in [0.717, 1.165) is 33.4 Å². The molecule has 6 aromatic rings. The largest absolute Gasteiger partial charge is 0.370 e. The van der Waals surface area contributed by atoms with Gasteiger partial charge in [0.1, 0.15) is 61.0 Å². The molecule has 0 amide bonds. The quantitative estimate of drug-likeness (QED) is 0.0279. The number of benzene rings is 6. The summed E-state index contributed by atoms with van der Waals surface area (Å²) in [6.45, 7) is 5.34. The Kier molecular flexibility index (Phi) is 17.6. The first kappa shape index (κ1) is 49.0. The van der Waals surface area contributed by atoms with Crippen LogP contribution in [-0.4, -0.2) is 80.5 Å². The fourth-order valence-electron chi connectivity index (χ4n) is 9.22. The summed E-state index contributed by atoms with van der Waals surface area (Å²) in [4.78, 5) is 3.36. The SMILES string of the molecule is C=CCO[C@@H]1[C@H](OCc2ccccc2)[C@@H](OCc2ccccc2)[C@H](OCc2ccccc2)[C@@H](OCc2ccccc2)[C@H]1O[C@H]1O[C@@H]2COC(c3ccccc3)O[C@H]2[C@H](OCc2ccccc2)[C@H]1N=[N+]=[N-]. The summed E-state index contributed by atoms with van der Waals surface area (Å²) in [6.07, 6.45) is -7.75. The molecular weight excluding hydrogens is 887 g/mol. The van der Waals surface area contributed by atoms with Gasteiger partial charge in [-0.25, -0.2) is 0 Å². The van der Waals surface area contributed by atoms with Crippen molar-refractivity contribution >= 4 is 0 Å². The molecule has 12 atom stereocenters. The molecule has 2 aliphatic heterocycles. The van der Waals surface area contributed by atoms with E-state index < -0.39 is 73.6 Å². The fraction of sp³-hybridized carbons (Fsp3) is 0.333. The highest BCUT2D eigenvalue weighted by Crippen LogP contribution is 2.41. The molecule has 1 unspecified atom stereocenters. The third-order valence-electron chi connectivity index (χ3n) is 12.6. The maximum absolute atomic E-state index is 10.3. The molecule has 362 valence electrons. The molecule has 1 saturated carbocycles. The van der Waals surface area contributed by atoms with Crippen molar-refractivity contribution in [1.29, 1.82) is 0 Å². The lowest BCUT2D eigenvalue weighted by Crippen LogP contribution is -2.69. The first-order valence-electron chi connectivity index (χ1n) is 23.8. The van der Waals surface area contributed by atoms with Crippen LogP contribution < -0.4 is 0 Å². The summed E-state index contributed by atoms with van der Waals surface area (Å²) in [6, 6.07) is 58.1. The molecule has 0 radical (unpaired) electrons. The van der Waals surface area contributed by atoms with Crippen LogP contribution in [0.15, 0.2) is 200 Å². The van der Waals surface area contributed by atoms with E-state index in [1.54, 1.807) is 6.08 Å². The van der Waals surface area contributed by atoms with Crippen molar-refractivity contribution in [3.8, 4) is 0 Å². The van der Waals surface area contributed by atoms with Gasteiger partial charge in [-0.2, -0.15) is 0 Å². The maximum atomic E-state index is 10.3. The molecule has 3 aliphatic rings. The maximum Gasteiger partial charge on any atom is 0.184 e. The number of hydrogen-bond donors (Lipinski definition) is 0. The van der Waals surface area contributed by atoms with Gasteiger partial charge in [-0.05, 0) is 33.3 Å². The van der Waals surface area contributed by atoms with Crippen molar-refractivity contribution in [1.82, 2.24) is 0 Å². The van der Waals surface area contributed by atoms with Crippen LogP contribution in [0, 0.1) is 0 Å². The van der Waals surface area contributed by atoms with Gasteiger partial charge in [0, 0.05) is 10.5 Å². The molecule has 13 nitrogen and oxygen atoms in total. The van der Waals surface area contributed by atoms with Gasteiger partial charge in [-0.3, -0.25) is 0 Å². The molecule has 9 rings (SSSR count). The highest BCUT2D eigenvalue weighted by molar-refractivity contribution is 5.20. The predicted molar refractivity (Wildman–Crippen MR) is 262 cm³/mol. The number of fused-ring (bicyclic) bond motifs is 1. The van der Waals surface area contributed by atoms with Crippen LogP contribution in [0.1, 0.15) is 39.7 Å². The number of ether oxygens (including phenoxy) is 10. The summed E-state index contributed by atoms with van der Waals surface area (Å²) in [5, 5.41) is 4.39. The molecule has 0 aromatic heterocycles. The van der Waals surface area contributed by atoms with E-state index in [0.29, 0.717) is 0 Å². The van der Waals surface area contributed by atoms with E-state index in [2.05, 4.69) is 16.6 Å². The Morgan fingerprint density at radius 1 is 0.486 bits per heavy atom. The molecule has 2 saturated heterocycles. The van der Waals surface area contributed by atoms with Crippen molar-refractivity contribution in [3.05, 3.63) is 238 Å². The Bertz CT molecular complexity index is 2510. The van der Waals surface area contributed by atoms with Gasteiger partial charge in [0.05, 0.1) is 46.2 Å². The molecule has 6 aromatic carbocycles. The van der Waals surface area contributed by atoms with E-state index in [-0.39, 0.29) is 46.2 Å². The lowest BCUT2D eigenvalue weighted by molar-refractivity contribution is -0.369. The normalized spacial score (nSPS) is 27.4. The third-order valence-corrected chi connectivity index (χ3v) is 12.6. The van der Waals surface area contributed by atoms with E-state index in [1.807, 2.05) is 182 Å². The van der Waals surface area contributed by atoms with Crippen molar-refractivity contribution in [3.63, 3.8) is 0 Å². The second kappa shape index (κ2) is 25.2. The lowest BCUT2D eigenvalue weighted by Gasteiger charge is -2.52. The number of nitrogens with zero attached hydrogens (tertiary/aromatic N) is 3. The summed E-state index contributed by atoms with van der Waals surface area (Å²) in [5.74, 6) is 0. The standard InChI is InChI=1S/C57H59N3O10/c1-2-33-61-53-51(64-36-42-25-13-5-14-26-42)50(63-35-41-23-11-4-12-24-41)52(65-37-43-27-15-6-16-28-43)54(66-38-44-29-17-7-18-30-44)55(53)70-57-47(59-60-58)49(62-34-40-21-9-3-10-22-40)48-46(68-57)39-67-56(69-48)45-31-19-8-20-32-45/h2-32,46-57H,1,33-39H2/t46-,47-,48-,49-,50-,51-,52+,53-,54-,55+,56?,57-/m1/s1. The molecule has 70 heavy (non-hydrogen) atoms. The minimum atomic E-state index is -1.23. The molecule has 1 aliphatic carbocycles. The van der Waals surface area contributed by atoms with Gasteiger partial charge in [0.2, 0.25) is 0 Å². The van der Waals surface area contributed by atoms with Crippen LogP contribution in [-0.2, 0) is 80.4 Å². The summed E-state index contributed by atoms with van der Waals surface area (Å²) in [5.41, 5.74) is 15.9. The zero-order chi connectivity index (χ0) is 47.7. The number of azide groups is 1. The van der Waals surface area contributed by atoms with Gasteiger partial charge in [-0.1, -0.05) is 193 Å². The van der Waals surface area contributed by atoms with Crippen LogP contribution in [0.25, 0.3) is 10.4 Å². The lowest BCUT2D eigenvalue weighted by atomic mass is 9.83. The topological polar surface area (TPSA) is 141 Å². The third kappa shape index (κ3) is 12.6. The van der Waals surface area contributed by atoms with E-state index >= 15 is 0 Å². The minimum absolute atomic E-state index is 0.128. The monoisotopic (exact) mass is 945 g/mol. The van der Waals surface area contributed by atoms with Crippen molar-refractivity contribution in [2.75, 3.05) is 13.2 Å². The van der Waals surface area contributed by atoms with E-state index in [9.17, 15) is 5.53 Å². The first-order valence-corrected chi connectivity index (χ1v) is 23.8. The average Bonchev–Trinajstić information content (AvgIpc) is 3.42. The molecule has 3 fully saturated rings. The summed E-state index contributed by atoms with van der Waals surface area (Å²) < 4.78 is 69.1. The Hall–Kier alpha value is -6.03. The zero-order valence-electron chi connectivity index (χ0n) is 38.9. The Balaban J connectivity index is 1.13. The van der Waals surface area contributed by atoms with Crippen molar-refractivity contribution in [2.45, 2.75) is 107 Å². The van der Waals surface area contributed by atoms with Crippen LogP contribution in [0.5, 0.6) is 0 Å². The van der Waals surface area contributed by atoms with Crippen molar-refractivity contribution in [2.24, 2.45) is 5.11 Å². The van der Waals surface area contributed by atoms with Gasteiger partial charge < -0.3 is 47.4 Å². The van der Waals surface area contributed by atoms with Crippen LogP contribution in [0.3, 0.4) is 0 Å². The fourth-order valence-corrected chi connectivity index (χ4v) is 9.22. The molecule has 0 N–H and O–H groups in total. The van der Waals surface area contributed by atoms with Gasteiger partial charge in [0.25, 0.3) is 0 Å². The molecule has 0 bridgehead atoms. The highest BCUT2D eigenvalue weighted by atomic mass is 16.8.